The predicted octanol–water partition coefficient (Wildman–Crippen LogP) is 2.19. The molecule has 0 aromatic rings. The molecule has 82 valence electrons. The van der Waals surface area contributed by atoms with Crippen LogP contribution in [0.15, 0.2) is 0 Å². The lowest BCUT2D eigenvalue weighted by Gasteiger charge is -2.36. The molecule has 2 heteroatoms. The van der Waals surface area contributed by atoms with E-state index in [9.17, 15) is 0 Å². The third-order valence-electron chi connectivity index (χ3n) is 3.63. The van der Waals surface area contributed by atoms with Crippen LogP contribution in [0.1, 0.15) is 39.5 Å². The van der Waals surface area contributed by atoms with Crippen molar-refractivity contribution >= 4 is 0 Å². The van der Waals surface area contributed by atoms with Gasteiger partial charge in [0.25, 0.3) is 0 Å². The molecule has 0 amide bonds. The molecule has 2 saturated heterocycles. The highest BCUT2D eigenvalue weighted by atomic mass is 16.5. The van der Waals surface area contributed by atoms with Gasteiger partial charge < -0.3 is 10.1 Å². The van der Waals surface area contributed by atoms with Crippen LogP contribution in [0.3, 0.4) is 0 Å². The molecule has 0 saturated carbocycles. The van der Waals surface area contributed by atoms with Crippen LogP contribution in [-0.2, 0) is 4.74 Å². The maximum atomic E-state index is 5.74. The molecule has 2 atom stereocenters. The first-order chi connectivity index (χ1) is 6.66. The summed E-state index contributed by atoms with van der Waals surface area (Å²) in [6, 6.07) is 0. The van der Waals surface area contributed by atoms with Gasteiger partial charge in [0.2, 0.25) is 0 Å². The van der Waals surface area contributed by atoms with Gasteiger partial charge in [-0.2, -0.15) is 0 Å². The maximum Gasteiger partial charge on any atom is 0.0629 e. The zero-order chi connectivity index (χ0) is 10.0. The smallest absolute Gasteiger partial charge is 0.0629 e. The Kier molecular flexibility index (Phi) is 3.13. The van der Waals surface area contributed by atoms with Crippen LogP contribution < -0.4 is 5.32 Å². The molecule has 2 nitrogen and oxygen atoms in total. The molecule has 14 heavy (non-hydrogen) atoms. The minimum Gasteiger partial charge on any atom is -0.376 e. The monoisotopic (exact) mass is 197 g/mol. The Balaban J connectivity index is 1.79. The van der Waals surface area contributed by atoms with Gasteiger partial charge in [0.05, 0.1) is 5.60 Å². The van der Waals surface area contributed by atoms with Gasteiger partial charge in [0, 0.05) is 6.61 Å². The summed E-state index contributed by atoms with van der Waals surface area (Å²) in [4.78, 5) is 0. The molecule has 2 fully saturated rings. The predicted molar refractivity (Wildman–Crippen MR) is 58.3 cm³/mol. The van der Waals surface area contributed by atoms with E-state index in [0.717, 1.165) is 18.4 Å². The highest BCUT2D eigenvalue weighted by Crippen LogP contribution is 2.33. The van der Waals surface area contributed by atoms with Crippen LogP contribution in [0, 0.1) is 11.8 Å². The summed E-state index contributed by atoms with van der Waals surface area (Å²) in [5, 5.41) is 3.45. The second-order valence-corrected chi connectivity index (χ2v) is 5.56. The van der Waals surface area contributed by atoms with E-state index >= 15 is 0 Å². The van der Waals surface area contributed by atoms with Crippen molar-refractivity contribution in [2.24, 2.45) is 11.8 Å². The van der Waals surface area contributed by atoms with Crippen molar-refractivity contribution in [3.05, 3.63) is 0 Å². The Labute approximate surface area is 87.4 Å². The van der Waals surface area contributed by atoms with Gasteiger partial charge in [-0.1, -0.05) is 0 Å². The highest BCUT2D eigenvalue weighted by Gasteiger charge is 2.30. The molecular weight excluding hydrogens is 174 g/mol. The maximum absolute atomic E-state index is 5.74. The fourth-order valence-corrected chi connectivity index (χ4v) is 2.95. The molecule has 1 N–H and O–H groups in total. The zero-order valence-electron chi connectivity index (χ0n) is 9.51. The number of nitrogens with one attached hydrogen (secondary N) is 1. The van der Waals surface area contributed by atoms with Crippen LogP contribution >= 0.6 is 0 Å². The Morgan fingerprint density at radius 1 is 1.29 bits per heavy atom. The number of ether oxygens (including phenoxy) is 1. The highest BCUT2D eigenvalue weighted by molar-refractivity contribution is 4.82. The average molecular weight is 197 g/mol. The Morgan fingerprint density at radius 2 is 2.14 bits per heavy atom. The average Bonchev–Trinajstić information content (AvgIpc) is 2.54. The Hall–Kier alpha value is -0.0800. The molecule has 0 spiro atoms. The van der Waals surface area contributed by atoms with Crippen molar-refractivity contribution in [3.63, 3.8) is 0 Å². The summed E-state index contributed by atoms with van der Waals surface area (Å²) in [6.07, 6.45) is 5.33. The van der Waals surface area contributed by atoms with Crippen LogP contribution in [-0.4, -0.2) is 25.3 Å². The summed E-state index contributed by atoms with van der Waals surface area (Å²) >= 11 is 0. The van der Waals surface area contributed by atoms with Crippen LogP contribution in [0.2, 0.25) is 0 Å². The van der Waals surface area contributed by atoms with Gasteiger partial charge >= 0.3 is 0 Å². The van der Waals surface area contributed by atoms with Crippen molar-refractivity contribution in [3.8, 4) is 0 Å². The fourth-order valence-electron chi connectivity index (χ4n) is 2.95. The summed E-state index contributed by atoms with van der Waals surface area (Å²) < 4.78 is 5.74. The first-order valence-corrected chi connectivity index (χ1v) is 6.00. The first kappa shape index (κ1) is 10.4. The van der Waals surface area contributed by atoms with E-state index in [1.807, 2.05) is 0 Å². The molecule has 2 unspecified atom stereocenters. The SMILES string of the molecule is CC1(C)CC(CC2CCNC2)CCO1. The third kappa shape index (κ3) is 2.71. The van der Waals surface area contributed by atoms with Gasteiger partial charge in [0.1, 0.15) is 0 Å². The summed E-state index contributed by atoms with van der Waals surface area (Å²) in [5.41, 5.74) is 0.134. The van der Waals surface area contributed by atoms with Crippen molar-refractivity contribution < 1.29 is 4.74 Å². The van der Waals surface area contributed by atoms with E-state index in [4.69, 9.17) is 4.74 Å². The second kappa shape index (κ2) is 4.19. The summed E-state index contributed by atoms with van der Waals surface area (Å²) in [7, 11) is 0. The van der Waals surface area contributed by atoms with Crippen LogP contribution in [0.25, 0.3) is 0 Å². The van der Waals surface area contributed by atoms with E-state index in [-0.39, 0.29) is 5.60 Å². The molecule has 0 aromatic heterocycles. The lowest BCUT2D eigenvalue weighted by atomic mass is 9.82. The number of hydrogen-bond acceptors (Lipinski definition) is 2. The van der Waals surface area contributed by atoms with Crippen LogP contribution in [0.4, 0.5) is 0 Å². The molecule has 2 heterocycles. The molecule has 2 aliphatic rings. The molecule has 0 aliphatic carbocycles. The lowest BCUT2D eigenvalue weighted by Crippen LogP contribution is -2.34. The quantitative estimate of drug-likeness (QED) is 0.732. The summed E-state index contributed by atoms with van der Waals surface area (Å²) in [6.45, 7) is 7.91. The minimum absolute atomic E-state index is 0.134. The molecule has 0 aromatic carbocycles. The van der Waals surface area contributed by atoms with Crippen molar-refractivity contribution in [1.82, 2.24) is 5.32 Å². The Bertz CT molecular complexity index is 185. The topological polar surface area (TPSA) is 21.3 Å². The molecule has 0 bridgehead atoms. The minimum atomic E-state index is 0.134. The lowest BCUT2D eigenvalue weighted by molar-refractivity contribution is -0.0754. The van der Waals surface area contributed by atoms with E-state index in [1.165, 1.54) is 38.8 Å². The first-order valence-electron chi connectivity index (χ1n) is 6.00. The number of rotatable bonds is 2. The Morgan fingerprint density at radius 3 is 2.79 bits per heavy atom. The largest absolute Gasteiger partial charge is 0.376 e. The van der Waals surface area contributed by atoms with E-state index < -0.39 is 0 Å². The van der Waals surface area contributed by atoms with E-state index in [1.54, 1.807) is 0 Å². The zero-order valence-corrected chi connectivity index (χ0v) is 9.51. The van der Waals surface area contributed by atoms with E-state index in [2.05, 4.69) is 19.2 Å². The normalized spacial score (nSPS) is 37.3. The molecule has 2 rings (SSSR count). The third-order valence-corrected chi connectivity index (χ3v) is 3.63. The van der Waals surface area contributed by atoms with E-state index in [0.29, 0.717) is 0 Å². The van der Waals surface area contributed by atoms with Gasteiger partial charge in [-0.05, 0) is 64.5 Å². The van der Waals surface area contributed by atoms with Crippen molar-refractivity contribution in [2.75, 3.05) is 19.7 Å². The van der Waals surface area contributed by atoms with Gasteiger partial charge in [-0.3, -0.25) is 0 Å². The van der Waals surface area contributed by atoms with Gasteiger partial charge in [-0.15, -0.1) is 0 Å². The van der Waals surface area contributed by atoms with Crippen molar-refractivity contribution in [1.29, 1.82) is 0 Å². The summed E-state index contributed by atoms with van der Waals surface area (Å²) in [5.74, 6) is 1.84. The standard InChI is InChI=1S/C12H23NO/c1-12(2)8-10(4-6-14-12)7-11-3-5-13-9-11/h10-11,13H,3-9H2,1-2H3. The molecule has 0 radical (unpaired) electrons. The molecular formula is C12H23NO. The second-order valence-electron chi connectivity index (χ2n) is 5.56. The van der Waals surface area contributed by atoms with Crippen molar-refractivity contribution in [2.45, 2.75) is 45.1 Å². The van der Waals surface area contributed by atoms with Gasteiger partial charge in [0.15, 0.2) is 0 Å². The van der Waals surface area contributed by atoms with Crippen LogP contribution in [0.5, 0.6) is 0 Å². The van der Waals surface area contributed by atoms with Gasteiger partial charge in [-0.25, -0.2) is 0 Å². The fraction of sp³-hybridized carbons (Fsp3) is 1.00. The molecule has 2 aliphatic heterocycles. The number of hydrogen-bond donors (Lipinski definition) is 1.